The molecule has 150 valence electrons. The molecule has 0 aliphatic heterocycles. The van der Waals surface area contributed by atoms with Crippen LogP contribution in [0.15, 0.2) is 64.6 Å². The Morgan fingerprint density at radius 2 is 2.07 bits per heavy atom. The quantitative estimate of drug-likeness (QED) is 0.256. The lowest BCUT2D eigenvalue weighted by Crippen LogP contribution is -2.13. The van der Waals surface area contributed by atoms with Crippen molar-refractivity contribution in [1.82, 2.24) is 0 Å². The van der Waals surface area contributed by atoms with E-state index in [1.807, 2.05) is 6.07 Å². The lowest BCUT2D eigenvalue weighted by molar-refractivity contribution is -0.384. The highest BCUT2D eigenvalue weighted by Gasteiger charge is 2.15. The van der Waals surface area contributed by atoms with E-state index in [1.54, 1.807) is 36.4 Å². The number of nitro benzene ring substituents is 1. The van der Waals surface area contributed by atoms with Crippen molar-refractivity contribution >= 4 is 35.0 Å². The number of nitriles is 1. The summed E-state index contributed by atoms with van der Waals surface area (Å²) in [7, 11) is 1.51. The van der Waals surface area contributed by atoms with Gasteiger partial charge in [-0.3, -0.25) is 14.9 Å². The third-order valence-electron chi connectivity index (χ3n) is 4.04. The second-order valence-electron chi connectivity index (χ2n) is 5.98. The lowest BCUT2D eigenvalue weighted by atomic mass is 10.1. The summed E-state index contributed by atoms with van der Waals surface area (Å²) in [6, 6.07) is 15.7. The molecule has 9 heteroatoms. The standard InChI is InChI=1S/C21H14ClN3O5/c1-29-16-4-2-3-14(10-16)24-21(26)13(12-23)9-17-6-8-20(30-17)18-7-5-15(25(27)28)11-19(18)22/h2-11H,1H3,(H,24,26)/b13-9+. The van der Waals surface area contributed by atoms with E-state index in [4.69, 9.17) is 20.8 Å². The molecular weight excluding hydrogens is 410 g/mol. The first-order valence-electron chi connectivity index (χ1n) is 8.52. The second kappa shape index (κ2) is 8.94. The molecule has 0 radical (unpaired) electrons. The molecule has 3 aromatic rings. The third-order valence-corrected chi connectivity index (χ3v) is 4.35. The summed E-state index contributed by atoms with van der Waals surface area (Å²) >= 11 is 6.11. The number of carbonyl (C=O) groups is 1. The highest BCUT2D eigenvalue weighted by atomic mass is 35.5. The van der Waals surface area contributed by atoms with Gasteiger partial charge in [-0.05, 0) is 30.3 Å². The van der Waals surface area contributed by atoms with Crippen molar-refractivity contribution in [3.8, 4) is 23.1 Å². The molecule has 1 amide bonds. The van der Waals surface area contributed by atoms with Crippen LogP contribution in [0.3, 0.4) is 0 Å². The van der Waals surface area contributed by atoms with Crippen molar-refractivity contribution in [3.05, 3.63) is 81.1 Å². The molecule has 0 aliphatic carbocycles. The summed E-state index contributed by atoms with van der Waals surface area (Å²) in [6.45, 7) is 0. The summed E-state index contributed by atoms with van der Waals surface area (Å²) in [5, 5.41) is 22.9. The number of methoxy groups -OCH3 is 1. The van der Waals surface area contributed by atoms with Gasteiger partial charge in [0.05, 0.1) is 17.1 Å². The van der Waals surface area contributed by atoms with E-state index in [1.165, 1.54) is 31.4 Å². The van der Waals surface area contributed by atoms with Crippen LogP contribution < -0.4 is 10.1 Å². The number of furan rings is 1. The SMILES string of the molecule is COc1cccc(NC(=O)/C(C#N)=C/c2ccc(-c3ccc([N+](=O)[O-])cc3Cl)o2)c1. The first-order valence-corrected chi connectivity index (χ1v) is 8.90. The number of benzene rings is 2. The van der Waals surface area contributed by atoms with Crippen molar-refractivity contribution in [2.45, 2.75) is 0 Å². The van der Waals surface area contributed by atoms with Crippen LogP contribution in [0, 0.1) is 21.4 Å². The zero-order valence-electron chi connectivity index (χ0n) is 15.6. The number of nitrogens with zero attached hydrogens (tertiary/aromatic N) is 2. The second-order valence-corrected chi connectivity index (χ2v) is 6.39. The van der Waals surface area contributed by atoms with Crippen LogP contribution in [-0.2, 0) is 4.79 Å². The van der Waals surface area contributed by atoms with Crippen molar-refractivity contribution in [2.24, 2.45) is 0 Å². The van der Waals surface area contributed by atoms with E-state index < -0.39 is 10.8 Å². The van der Waals surface area contributed by atoms with Crippen LogP contribution in [0.1, 0.15) is 5.76 Å². The average molecular weight is 424 g/mol. The Kier molecular flexibility index (Phi) is 6.15. The number of non-ortho nitro benzene ring substituents is 1. The number of carbonyl (C=O) groups excluding carboxylic acids is 1. The van der Waals surface area contributed by atoms with E-state index >= 15 is 0 Å². The number of amides is 1. The highest BCUT2D eigenvalue weighted by Crippen LogP contribution is 2.32. The molecule has 0 saturated heterocycles. The van der Waals surface area contributed by atoms with Crippen LogP contribution >= 0.6 is 11.6 Å². The van der Waals surface area contributed by atoms with Crippen LogP contribution in [0.25, 0.3) is 17.4 Å². The topological polar surface area (TPSA) is 118 Å². The first kappa shape index (κ1) is 20.6. The van der Waals surface area contributed by atoms with Crippen molar-refractivity contribution in [2.75, 3.05) is 12.4 Å². The molecule has 1 heterocycles. The summed E-state index contributed by atoms with van der Waals surface area (Å²) < 4.78 is 10.7. The number of ether oxygens (including phenoxy) is 1. The fourth-order valence-corrected chi connectivity index (χ4v) is 2.85. The normalized spacial score (nSPS) is 10.9. The molecule has 0 aliphatic rings. The molecule has 8 nitrogen and oxygen atoms in total. The Balaban J connectivity index is 1.82. The van der Waals surface area contributed by atoms with Gasteiger partial charge in [0, 0.05) is 35.5 Å². The minimum atomic E-state index is -0.614. The molecule has 1 aromatic heterocycles. The maximum absolute atomic E-state index is 12.4. The largest absolute Gasteiger partial charge is 0.497 e. The minimum absolute atomic E-state index is 0.142. The van der Waals surface area contributed by atoms with Gasteiger partial charge in [0.25, 0.3) is 11.6 Å². The Labute approximate surface area is 176 Å². The average Bonchev–Trinajstić information content (AvgIpc) is 3.20. The predicted octanol–water partition coefficient (Wildman–Crippen LogP) is 5.06. The van der Waals surface area contributed by atoms with E-state index in [0.29, 0.717) is 22.8 Å². The molecule has 30 heavy (non-hydrogen) atoms. The molecule has 0 saturated carbocycles. The van der Waals surface area contributed by atoms with E-state index in [0.717, 1.165) is 0 Å². The van der Waals surface area contributed by atoms with Gasteiger partial charge in [0.1, 0.15) is 28.9 Å². The van der Waals surface area contributed by atoms with Gasteiger partial charge in [-0.25, -0.2) is 0 Å². The number of anilines is 1. The monoisotopic (exact) mass is 423 g/mol. The summed E-state index contributed by atoms with van der Waals surface area (Å²) in [5.41, 5.74) is 0.601. The fourth-order valence-electron chi connectivity index (χ4n) is 2.58. The van der Waals surface area contributed by atoms with E-state index in [-0.39, 0.29) is 22.0 Å². The number of halogens is 1. The van der Waals surface area contributed by atoms with Crippen molar-refractivity contribution < 1.29 is 18.9 Å². The highest BCUT2D eigenvalue weighted by molar-refractivity contribution is 6.33. The van der Waals surface area contributed by atoms with E-state index in [9.17, 15) is 20.2 Å². The fraction of sp³-hybridized carbons (Fsp3) is 0.0476. The van der Waals surface area contributed by atoms with E-state index in [2.05, 4.69) is 5.32 Å². The maximum Gasteiger partial charge on any atom is 0.270 e. The first-order chi connectivity index (χ1) is 14.4. The van der Waals surface area contributed by atoms with Crippen LogP contribution in [0.4, 0.5) is 11.4 Å². The Hall–Kier alpha value is -4.09. The molecule has 0 spiro atoms. The lowest BCUT2D eigenvalue weighted by Gasteiger charge is -2.06. The van der Waals surface area contributed by atoms with Gasteiger partial charge in [-0.15, -0.1) is 0 Å². The third kappa shape index (κ3) is 4.66. The van der Waals surface area contributed by atoms with Crippen LogP contribution in [0.2, 0.25) is 5.02 Å². The number of hydrogen-bond donors (Lipinski definition) is 1. The number of nitrogens with one attached hydrogen (secondary N) is 1. The Bertz CT molecular complexity index is 1190. The van der Waals surface area contributed by atoms with Gasteiger partial charge in [0.15, 0.2) is 0 Å². The summed E-state index contributed by atoms with van der Waals surface area (Å²) in [5.74, 6) is 0.534. The van der Waals surface area contributed by atoms with Crippen LogP contribution in [0.5, 0.6) is 5.75 Å². The minimum Gasteiger partial charge on any atom is -0.497 e. The maximum atomic E-state index is 12.4. The molecule has 1 N–H and O–H groups in total. The van der Waals surface area contributed by atoms with Gasteiger partial charge < -0.3 is 14.5 Å². The summed E-state index contributed by atoms with van der Waals surface area (Å²) in [4.78, 5) is 22.7. The van der Waals surface area contributed by atoms with Crippen LogP contribution in [-0.4, -0.2) is 17.9 Å². The predicted molar refractivity (Wildman–Crippen MR) is 111 cm³/mol. The number of rotatable bonds is 6. The molecular formula is C21H14ClN3O5. The van der Waals surface area contributed by atoms with Gasteiger partial charge in [0.2, 0.25) is 0 Å². The molecule has 0 atom stereocenters. The van der Waals surface area contributed by atoms with Crippen molar-refractivity contribution in [3.63, 3.8) is 0 Å². The number of nitro groups is 1. The molecule has 0 unspecified atom stereocenters. The Morgan fingerprint density at radius 3 is 2.73 bits per heavy atom. The smallest absolute Gasteiger partial charge is 0.270 e. The van der Waals surface area contributed by atoms with Gasteiger partial charge in [-0.1, -0.05) is 17.7 Å². The van der Waals surface area contributed by atoms with Gasteiger partial charge >= 0.3 is 0 Å². The van der Waals surface area contributed by atoms with Crippen molar-refractivity contribution in [1.29, 1.82) is 5.26 Å². The molecule has 0 fully saturated rings. The number of hydrogen-bond acceptors (Lipinski definition) is 6. The molecule has 3 rings (SSSR count). The molecule has 0 bridgehead atoms. The Morgan fingerprint density at radius 1 is 1.27 bits per heavy atom. The summed E-state index contributed by atoms with van der Waals surface area (Å²) in [6.07, 6.45) is 1.29. The zero-order valence-corrected chi connectivity index (χ0v) is 16.3. The zero-order chi connectivity index (χ0) is 21.7. The van der Waals surface area contributed by atoms with Gasteiger partial charge in [-0.2, -0.15) is 5.26 Å². The molecule has 2 aromatic carbocycles.